The van der Waals surface area contributed by atoms with Crippen LogP contribution < -0.4 is 0 Å². The summed E-state index contributed by atoms with van der Waals surface area (Å²) in [7, 11) is 0. The largest absolute Gasteiger partial charge is 0.285 e. The van der Waals surface area contributed by atoms with Gasteiger partial charge < -0.3 is 0 Å². The van der Waals surface area contributed by atoms with Crippen molar-refractivity contribution in [2.75, 3.05) is 0 Å². The summed E-state index contributed by atoms with van der Waals surface area (Å²) in [6.07, 6.45) is 0. The van der Waals surface area contributed by atoms with Gasteiger partial charge in [0, 0.05) is 0 Å². The standard InChI is InChI=1S/C14H12ClNO2/c15-13-9-5-4-8-12(13)14(17)16(18)10-11-6-2-1-3-7-11/h1-9,18H,10H2. The molecule has 0 atom stereocenters. The van der Waals surface area contributed by atoms with E-state index in [4.69, 9.17) is 11.6 Å². The van der Waals surface area contributed by atoms with Crippen LogP contribution in [0.1, 0.15) is 15.9 Å². The maximum atomic E-state index is 12.0. The molecule has 0 saturated heterocycles. The van der Waals surface area contributed by atoms with Crippen molar-refractivity contribution in [2.24, 2.45) is 0 Å². The summed E-state index contributed by atoms with van der Waals surface area (Å²) in [5.41, 5.74) is 1.14. The van der Waals surface area contributed by atoms with Gasteiger partial charge in [0.1, 0.15) is 0 Å². The first-order chi connectivity index (χ1) is 8.68. The number of nitrogens with zero attached hydrogens (tertiary/aromatic N) is 1. The summed E-state index contributed by atoms with van der Waals surface area (Å²) < 4.78 is 0. The van der Waals surface area contributed by atoms with Crippen LogP contribution in [0.5, 0.6) is 0 Å². The molecule has 0 aliphatic carbocycles. The molecule has 4 heteroatoms. The molecular weight excluding hydrogens is 250 g/mol. The fourth-order valence-electron chi connectivity index (χ4n) is 1.60. The zero-order valence-electron chi connectivity index (χ0n) is 9.58. The van der Waals surface area contributed by atoms with Crippen LogP contribution in [-0.2, 0) is 6.54 Å². The Labute approximate surface area is 110 Å². The molecule has 0 spiro atoms. The molecule has 0 aliphatic rings. The van der Waals surface area contributed by atoms with Crippen LogP contribution >= 0.6 is 11.6 Å². The molecule has 18 heavy (non-hydrogen) atoms. The molecule has 0 fully saturated rings. The van der Waals surface area contributed by atoms with Gasteiger partial charge in [0.05, 0.1) is 17.1 Å². The van der Waals surface area contributed by atoms with E-state index in [1.165, 1.54) is 0 Å². The van der Waals surface area contributed by atoms with Gasteiger partial charge in [-0.2, -0.15) is 0 Å². The van der Waals surface area contributed by atoms with Crippen LogP contribution in [0.2, 0.25) is 5.02 Å². The molecule has 0 heterocycles. The van der Waals surface area contributed by atoms with Gasteiger partial charge in [-0.15, -0.1) is 0 Å². The zero-order valence-corrected chi connectivity index (χ0v) is 10.3. The Morgan fingerprint density at radius 1 is 1.06 bits per heavy atom. The Hall–Kier alpha value is -1.84. The lowest BCUT2D eigenvalue weighted by molar-refractivity contribution is -0.0648. The van der Waals surface area contributed by atoms with E-state index in [1.807, 2.05) is 30.3 Å². The minimum atomic E-state index is -0.510. The molecule has 2 aromatic rings. The molecule has 0 bridgehead atoms. The first-order valence-electron chi connectivity index (χ1n) is 5.47. The highest BCUT2D eigenvalue weighted by Crippen LogP contribution is 2.17. The van der Waals surface area contributed by atoms with E-state index in [0.29, 0.717) is 10.1 Å². The van der Waals surface area contributed by atoms with E-state index in [9.17, 15) is 10.0 Å². The second-order valence-electron chi connectivity index (χ2n) is 3.83. The van der Waals surface area contributed by atoms with Crippen LogP contribution in [0.25, 0.3) is 0 Å². The molecule has 0 aromatic heterocycles. The monoisotopic (exact) mass is 261 g/mol. The summed E-state index contributed by atoms with van der Waals surface area (Å²) >= 11 is 5.91. The Bertz CT molecular complexity index is 543. The van der Waals surface area contributed by atoms with Crippen molar-refractivity contribution in [3.8, 4) is 0 Å². The normalized spacial score (nSPS) is 10.1. The van der Waals surface area contributed by atoms with Crippen molar-refractivity contribution in [1.82, 2.24) is 5.06 Å². The SMILES string of the molecule is O=C(c1ccccc1Cl)N(O)Cc1ccccc1. The second-order valence-corrected chi connectivity index (χ2v) is 4.24. The summed E-state index contributed by atoms with van der Waals surface area (Å²) in [4.78, 5) is 12.0. The van der Waals surface area contributed by atoms with E-state index >= 15 is 0 Å². The average Bonchev–Trinajstić information content (AvgIpc) is 2.39. The van der Waals surface area contributed by atoms with Crippen molar-refractivity contribution in [3.63, 3.8) is 0 Å². The number of carbonyl (C=O) groups is 1. The van der Waals surface area contributed by atoms with E-state index in [0.717, 1.165) is 5.56 Å². The quantitative estimate of drug-likeness (QED) is 0.680. The Morgan fingerprint density at radius 3 is 2.33 bits per heavy atom. The number of benzene rings is 2. The van der Waals surface area contributed by atoms with Gasteiger partial charge in [0.2, 0.25) is 0 Å². The van der Waals surface area contributed by atoms with Crippen molar-refractivity contribution in [3.05, 3.63) is 70.7 Å². The lowest BCUT2D eigenvalue weighted by Crippen LogP contribution is -2.27. The van der Waals surface area contributed by atoms with E-state index < -0.39 is 5.91 Å². The predicted molar refractivity (Wildman–Crippen MR) is 69.6 cm³/mol. The predicted octanol–water partition coefficient (Wildman–Crippen LogP) is 3.37. The molecule has 0 radical (unpaired) electrons. The van der Waals surface area contributed by atoms with Crippen molar-refractivity contribution in [1.29, 1.82) is 0 Å². The number of hydrogen-bond donors (Lipinski definition) is 1. The third kappa shape index (κ3) is 2.88. The lowest BCUT2D eigenvalue weighted by atomic mass is 10.2. The van der Waals surface area contributed by atoms with Gasteiger partial charge >= 0.3 is 0 Å². The van der Waals surface area contributed by atoms with E-state index in [2.05, 4.69) is 0 Å². The van der Waals surface area contributed by atoms with Crippen molar-refractivity contribution < 1.29 is 10.0 Å². The molecule has 1 amide bonds. The number of carbonyl (C=O) groups excluding carboxylic acids is 1. The summed E-state index contributed by atoms with van der Waals surface area (Å²) in [5, 5.41) is 10.8. The average molecular weight is 262 g/mol. The Balaban J connectivity index is 2.13. The van der Waals surface area contributed by atoms with Gasteiger partial charge in [0.15, 0.2) is 0 Å². The third-order valence-electron chi connectivity index (χ3n) is 2.51. The number of rotatable bonds is 3. The van der Waals surface area contributed by atoms with Crippen molar-refractivity contribution in [2.45, 2.75) is 6.54 Å². The summed E-state index contributed by atoms with van der Waals surface area (Å²) in [5.74, 6) is -0.510. The van der Waals surface area contributed by atoms with Crippen LogP contribution in [0.4, 0.5) is 0 Å². The molecule has 2 rings (SSSR count). The number of halogens is 1. The van der Waals surface area contributed by atoms with Crippen LogP contribution in [0, 0.1) is 0 Å². The van der Waals surface area contributed by atoms with Gasteiger partial charge in [-0.25, -0.2) is 5.06 Å². The molecule has 1 N–H and O–H groups in total. The maximum Gasteiger partial charge on any atom is 0.279 e. The fraction of sp³-hybridized carbons (Fsp3) is 0.0714. The zero-order chi connectivity index (χ0) is 13.0. The van der Waals surface area contributed by atoms with Crippen LogP contribution in [-0.4, -0.2) is 16.2 Å². The molecule has 92 valence electrons. The molecule has 0 aliphatic heterocycles. The van der Waals surface area contributed by atoms with Gasteiger partial charge in [-0.1, -0.05) is 54.1 Å². The third-order valence-corrected chi connectivity index (χ3v) is 2.84. The Morgan fingerprint density at radius 2 is 1.67 bits per heavy atom. The maximum absolute atomic E-state index is 12.0. The minimum Gasteiger partial charge on any atom is -0.285 e. The summed E-state index contributed by atoms with van der Waals surface area (Å²) in [6.45, 7) is 0.130. The first-order valence-corrected chi connectivity index (χ1v) is 5.85. The number of hydrogen-bond acceptors (Lipinski definition) is 2. The molecule has 3 nitrogen and oxygen atoms in total. The minimum absolute atomic E-state index is 0.130. The topological polar surface area (TPSA) is 40.5 Å². The fourth-order valence-corrected chi connectivity index (χ4v) is 1.82. The molecule has 2 aromatic carbocycles. The lowest BCUT2D eigenvalue weighted by Gasteiger charge is -2.15. The molecular formula is C14H12ClNO2. The number of amides is 1. The van der Waals surface area contributed by atoms with E-state index in [-0.39, 0.29) is 12.1 Å². The van der Waals surface area contributed by atoms with Gasteiger partial charge in [0.25, 0.3) is 5.91 Å². The first kappa shape index (κ1) is 12.6. The smallest absolute Gasteiger partial charge is 0.279 e. The molecule has 0 unspecified atom stereocenters. The highest BCUT2D eigenvalue weighted by Gasteiger charge is 2.16. The Kier molecular flexibility index (Phi) is 3.97. The highest BCUT2D eigenvalue weighted by atomic mass is 35.5. The van der Waals surface area contributed by atoms with Crippen LogP contribution in [0.3, 0.4) is 0 Å². The molecule has 0 saturated carbocycles. The van der Waals surface area contributed by atoms with Gasteiger partial charge in [-0.3, -0.25) is 10.0 Å². The van der Waals surface area contributed by atoms with Gasteiger partial charge in [-0.05, 0) is 17.7 Å². The van der Waals surface area contributed by atoms with Crippen molar-refractivity contribution >= 4 is 17.5 Å². The van der Waals surface area contributed by atoms with E-state index in [1.54, 1.807) is 24.3 Å². The van der Waals surface area contributed by atoms with Crippen LogP contribution in [0.15, 0.2) is 54.6 Å². The summed E-state index contributed by atoms with van der Waals surface area (Å²) in [6, 6.07) is 15.9. The number of hydroxylamine groups is 2. The second kappa shape index (κ2) is 5.67. The highest BCUT2D eigenvalue weighted by molar-refractivity contribution is 6.33.